The summed E-state index contributed by atoms with van der Waals surface area (Å²) in [5, 5.41) is 0. The summed E-state index contributed by atoms with van der Waals surface area (Å²) >= 11 is 0. The molecule has 2 heterocycles. The van der Waals surface area contributed by atoms with Crippen molar-refractivity contribution in [2.24, 2.45) is 17.1 Å². The second-order valence-corrected chi connectivity index (χ2v) is 12.5. The zero-order valence-electron chi connectivity index (χ0n) is 27.3. The molecule has 1 fully saturated rings. The number of halogens is 1. The zero-order chi connectivity index (χ0) is 32.2. The molecule has 1 aromatic carbocycles. The second-order valence-electron chi connectivity index (χ2n) is 12.5. The lowest BCUT2D eigenvalue weighted by atomic mass is 9.77. The quantitative estimate of drug-likeness (QED) is 0.347. The number of esters is 1. The Morgan fingerprint density at radius 1 is 1.02 bits per heavy atom. The molecule has 0 aromatic heterocycles. The van der Waals surface area contributed by atoms with Gasteiger partial charge in [-0.3, -0.25) is 19.4 Å². The lowest BCUT2D eigenvalue weighted by molar-refractivity contribution is -0.144. The van der Waals surface area contributed by atoms with Gasteiger partial charge in [-0.05, 0) is 43.4 Å². The average molecular weight is 617 g/mol. The number of Topliss-reactive ketones (excluding diaryl/α,β-unsaturated/α-hetero) is 1. The number of ketones is 1. The van der Waals surface area contributed by atoms with Gasteiger partial charge in [0.2, 0.25) is 0 Å². The lowest BCUT2D eigenvalue weighted by Crippen LogP contribution is -2.48. The maximum Gasteiger partial charge on any atom is 0.320 e. The fourth-order valence-corrected chi connectivity index (χ4v) is 6.29. The van der Waals surface area contributed by atoms with Gasteiger partial charge in [0.15, 0.2) is 23.1 Å². The molecule has 44 heavy (non-hydrogen) atoms. The second kappa shape index (κ2) is 14.3. The Morgan fingerprint density at radius 3 is 2.30 bits per heavy atom. The highest BCUT2D eigenvalue weighted by Crippen LogP contribution is 2.44. The number of carbonyl (C=O) groups is 2. The van der Waals surface area contributed by atoms with Crippen LogP contribution in [0.25, 0.3) is 0 Å². The molecule has 1 saturated heterocycles. The van der Waals surface area contributed by atoms with Crippen LogP contribution in [-0.2, 0) is 25.6 Å². The van der Waals surface area contributed by atoms with Crippen LogP contribution in [-0.4, -0.2) is 92.7 Å². The summed E-state index contributed by atoms with van der Waals surface area (Å²) in [6.07, 6.45) is 1.75. The topological polar surface area (TPSA) is 107 Å². The van der Waals surface area contributed by atoms with Gasteiger partial charge >= 0.3 is 5.97 Å². The molecule has 0 saturated carbocycles. The van der Waals surface area contributed by atoms with E-state index in [1.807, 2.05) is 17.9 Å². The van der Waals surface area contributed by atoms with Crippen LogP contribution in [0.5, 0.6) is 11.5 Å². The summed E-state index contributed by atoms with van der Waals surface area (Å²) < 4.78 is 38.0. The fourth-order valence-electron chi connectivity index (χ4n) is 6.29. The van der Waals surface area contributed by atoms with Crippen molar-refractivity contribution in [3.63, 3.8) is 0 Å². The number of benzene rings is 1. The Labute approximate surface area is 260 Å². The van der Waals surface area contributed by atoms with E-state index in [0.29, 0.717) is 69.2 Å². The van der Waals surface area contributed by atoms with Gasteiger partial charge in [-0.15, -0.1) is 0 Å². The molecule has 3 aliphatic rings. The maximum atomic E-state index is 15.7. The Kier molecular flexibility index (Phi) is 11.0. The van der Waals surface area contributed by atoms with Gasteiger partial charge in [0, 0.05) is 50.6 Å². The van der Waals surface area contributed by atoms with Crippen molar-refractivity contribution in [2.45, 2.75) is 60.7 Å². The Bertz CT molecular complexity index is 1280. The molecule has 2 aliphatic heterocycles. The maximum absolute atomic E-state index is 15.7. The first-order valence-corrected chi connectivity index (χ1v) is 15.7. The number of hydrogen-bond acceptors (Lipinski definition) is 10. The molecule has 10 nitrogen and oxygen atoms in total. The number of piperazine rings is 1. The van der Waals surface area contributed by atoms with Crippen LogP contribution in [0.15, 0.2) is 29.2 Å². The van der Waals surface area contributed by atoms with E-state index in [1.165, 1.54) is 0 Å². The standard InChI is InChI=1S/C33H49FN4O6/c1-8-42-26-17-22-18-38(32(35)28(22)29(34)31(26)44-10-3)19-25(39)21-15-23(33(4,5)6)30(41-7)24(16-21)37-13-11-36(12-14-37)20-27(40)43-9-2/h15,17,21,32H,8-14,16,18-20,35H2,1-7H3. The third kappa shape index (κ3) is 7.21. The summed E-state index contributed by atoms with van der Waals surface area (Å²) in [5.74, 6) is 0.0867. The van der Waals surface area contributed by atoms with Gasteiger partial charge in [-0.2, -0.15) is 0 Å². The number of hydrogen-bond donors (Lipinski definition) is 1. The molecule has 1 aliphatic carbocycles. The Morgan fingerprint density at radius 2 is 1.70 bits per heavy atom. The highest BCUT2D eigenvalue weighted by atomic mass is 19.1. The first-order chi connectivity index (χ1) is 20.9. The number of fused-ring (bicyclic) bond motifs is 1. The predicted octanol–water partition coefficient (Wildman–Crippen LogP) is 4.00. The molecule has 2 atom stereocenters. The van der Waals surface area contributed by atoms with E-state index in [-0.39, 0.29) is 42.6 Å². The first-order valence-electron chi connectivity index (χ1n) is 15.7. The van der Waals surface area contributed by atoms with E-state index in [9.17, 15) is 9.59 Å². The number of ether oxygens (including phenoxy) is 4. The Hall–Kier alpha value is -3.15. The molecule has 1 aromatic rings. The predicted molar refractivity (Wildman–Crippen MR) is 165 cm³/mol. The van der Waals surface area contributed by atoms with Crippen molar-refractivity contribution in [1.82, 2.24) is 14.7 Å². The highest BCUT2D eigenvalue weighted by molar-refractivity contribution is 5.85. The van der Waals surface area contributed by atoms with Crippen LogP contribution in [0, 0.1) is 17.2 Å². The van der Waals surface area contributed by atoms with E-state index in [2.05, 4.69) is 30.6 Å². The summed E-state index contributed by atoms with van der Waals surface area (Å²) in [6.45, 7) is 16.3. The van der Waals surface area contributed by atoms with Gasteiger partial charge in [-0.1, -0.05) is 26.8 Å². The van der Waals surface area contributed by atoms with Crippen molar-refractivity contribution in [1.29, 1.82) is 0 Å². The molecular formula is C33H49FN4O6. The van der Waals surface area contributed by atoms with Crippen LogP contribution >= 0.6 is 0 Å². The summed E-state index contributed by atoms with van der Waals surface area (Å²) in [4.78, 5) is 32.2. The molecule has 11 heteroatoms. The Balaban J connectivity index is 1.53. The molecule has 244 valence electrons. The zero-order valence-corrected chi connectivity index (χ0v) is 27.3. The van der Waals surface area contributed by atoms with E-state index in [0.717, 1.165) is 17.0 Å². The van der Waals surface area contributed by atoms with Gasteiger partial charge in [-0.25, -0.2) is 4.39 Å². The molecule has 0 amide bonds. The van der Waals surface area contributed by atoms with E-state index in [4.69, 9.17) is 24.7 Å². The van der Waals surface area contributed by atoms with E-state index in [1.54, 1.807) is 27.0 Å². The third-order valence-corrected chi connectivity index (χ3v) is 8.45. The fraction of sp³-hybridized carbons (Fsp3) is 0.636. The van der Waals surface area contributed by atoms with Crippen molar-refractivity contribution in [3.05, 3.63) is 46.1 Å². The summed E-state index contributed by atoms with van der Waals surface area (Å²) in [5.41, 5.74) is 9.32. The average Bonchev–Trinajstić information content (AvgIpc) is 3.28. The molecule has 0 spiro atoms. The van der Waals surface area contributed by atoms with Crippen LogP contribution in [0.4, 0.5) is 4.39 Å². The number of rotatable bonds is 12. The van der Waals surface area contributed by atoms with E-state index >= 15 is 4.39 Å². The molecule has 0 bridgehead atoms. The number of methoxy groups -OCH3 is 1. The van der Waals surface area contributed by atoms with Gasteiger partial charge < -0.3 is 29.6 Å². The molecule has 2 unspecified atom stereocenters. The van der Waals surface area contributed by atoms with Crippen molar-refractivity contribution in [2.75, 3.05) is 66.2 Å². The van der Waals surface area contributed by atoms with Crippen molar-refractivity contribution >= 4 is 11.8 Å². The number of allylic oxidation sites excluding steroid dienone is 3. The van der Waals surface area contributed by atoms with Crippen LogP contribution in [0.2, 0.25) is 0 Å². The van der Waals surface area contributed by atoms with Crippen LogP contribution in [0.1, 0.15) is 65.3 Å². The molecular weight excluding hydrogens is 567 g/mol. The molecule has 0 radical (unpaired) electrons. The van der Waals surface area contributed by atoms with Crippen molar-refractivity contribution < 1.29 is 32.9 Å². The van der Waals surface area contributed by atoms with Crippen LogP contribution < -0.4 is 15.2 Å². The summed E-state index contributed by atoms with van der Waals surface area (Å²) in [6, 6.07) is 1.78. The summed E-state index contributed by atoms with van der Waals surface area (Å²) in [7, 11) is 1.68. The van der Waals surface area contributed by atoms with Crippen molar-refractivity contribution in [3.8, 4) is 11.5 Å². The van der Waals surface area contributed by atoms with E-state index < -0.39 is 17.9 Å². The van der Waals surface area contributed by atoms with Gasteiger partial charge in [0.1, 0.15) is 5.76 Å². The minimum atomic E-state index is -0.782. The molecule has 4 rings (SSSR count). The minimum Gasteiger partial charge on any atom is -0.495 e. The van der Waals surface area contributed by atoms with Gasteiger partial charge in [0.25, 0.3) is 0 Å². The number of nitrogens with zero attached hydrogens (tertiary/aromatic N) is 3. The SMILES string of the molecule is CCOC(=O)CN1CCN(C2=C(OC)C(C(C)(C)C)=CC(C(=O)CN3Cc4cc(OCC)c(OCC)c(F)c4C3N)C2)CC1. The minimum absolute atomic E-state index is 0.0130. The smallest absolute Gasteiger partial charge is 0.320 e. The molecule has 2 N–H and O–H groups in total. The largest absolute Gasteiger partial charge is 0.495 e. The number of carbonyl (C=O) groups excluding carboxylic acids is 2. The third-order valence-electron chi connectivity index (χ3n) is 8.45. The number of nitrogens with two attached hydrogens (primary N) is 1. The monoisotopic (exact) mass is 616 g/mol. The normalized spacial score (nSPS) is 21.2. The van der Waals surface area contributed by atoms with Crippen LogP contribution in [0.3, 0.4) is 0 Å². The highest BCUT2D eigenvalue weighted by Gasteiger charge is 2.39. The van der Waals surface area contributed by atoms with Gasteiger partial charge in [0.05, 0.1) is 51.9 Å². The lowest BCUT2D eigenvalue weighted by Gasteiger charge is -2.41. The first kappa shape index (κ1) is 33.7.